The second-order valence-electron chi connectivity index (χ2n) is 4.71. The van der Waals surface area contributed by atoms with Crippen molar-refractivity contribution in [1.29, 1.82) is 0 Å². The first-order valence-electron chi connectivity index (χ1n) is 6.22. The number of ketones is 1. The number of hydrogen-bond acceptors (Lipinski definition) is 2. The summed E-state index contributed by atoms with van der Waals surface area (Å²) in [5.41, 5.74) is 0.749. The first-order chi connectivity index (χ1) is 8.63. The monoisotopic (exact) mass is 330 g/mol. The third-order valence-corrected chi connectivity index (χ3v) is 5.00. The van der Waals surface area contributed by atoms with Gasteiger partial charge in [0.2, 0.25) is 0 Å². The van der Waals surface area contributed by atoms with Crippen molar-refractivity contribution in [2.75, 3.05) is 5.75 Å². The van der Waals surface area contributed by atoms with Crippen molar-refractivity contribution in [2.24, 2.45) is 0 Å². The van der Waals surface area contributed by atoms with E-state index in [0.29, 0.717) is 21.9 Å². The second-order valence-corrected chi connectivity index (χ2v) is 6.91. The molecule has 2 rings (SSSR count). The zero-order chi connectivity index (χ0) is 13.0. The van der Waals surface area contributed by atoms with Crippen LogP contribution < -0.4 is 0 Å². The first-order valence-corrected chi connectivity index (χ1v) is 8.06. The summed E-state index contributed by atoms with van der Waals surface area (Å²) in [6.07, 6.45) is 5.40. The van der Waals surface area contributed by atoms with Crippen LogP contribution in [0.4, 0.5) is 4.39 Å². The zero-order valence-electron chi connectivity index (χ0n) is 10.1. The molecule has 0 aliphatic heterocycles. The second kappa shape index (κ2) is 6.71. The van der Waals surface area contributed by atoms with Gasteiger partial charge in [0.25, 0.3) is 0 Å². The largest absolute Gasteiger partial charge is 0.298 e. The zero-order valence-corrected chi connectivity index (χ0v) is 12.5. The molecule has 1 nitrogen and oxygen atoms in total. The maximum absolute atomic E-state index is 13.2. The molecule has 4 heteroatoms. The highest BCUT2D eigenvalue weighted by atomic mass is 79.9. The van der Waals surface area contributed by atoms with Crippen molar-refractivity contribution >= 4 is 33.5 Å². The van der Waals surface area contributed by atoms with Gasteiger partial charge in [0.05, 0.1) is 5.75 Å². The van der Waals surface area contributed by atoms with Crippen LogP contribution in [0.25, 0.3) is 0 Å². The minimum Gasteiger partial charge on any atom is -0.298 e. The molecule has 1 aromatic carbocycles. The Labute approximate surface area is 120 Å². The summed E-state index contributed by atoms with van der Waals surface area (Å²) < 4.78 is 13.9. The van der Waals surface area contributed by atoms with Gasteiger partial charge in [0, 0.05) is 16.1 Å². The molecule has 1 aliphatic carbocycles. The minimum absolute atomic E-state index is 0.185. The molecule has 0 unspecified atom stereocenters. The van der Waals surface area contributed by atoms with Gasteiger partial charge in [-0.25, -0.2) is 4.39 Å². The van der Waals surface area contributed by atoms with Crippen LogP contribution in [0.2, 0.25) is 0 Å². The van der Waals surface area contributed by atoms with E-state index >= 15 is 0 Å². The predicted octanol–water partition coefficient (Wildman–Crippen LogP) is 4.38. The lowest BCUT2D eigenvalue weighted by atomic mass is 10.1. The van der Waals surface area contributed by atoms with Gasteiger partial charge in [0.1, 0.15) is 11.6 Å². The van der Waals surface area contributed by atoms with Crippen molar-refractivity contribution in [3.05, 3.63) is 34.1 Å². The summed E-state index contributed by atoms with van der Waals surface area (Å²) in [7, 11) is 0. The minimum atomic E-state index is -0.296. The maximum Gasteiger partial charge on any atom is 0.147 e. The van der Waals surface area contributed by atoms with Crippen molar-refractivity contribution in [2.45, 2.75) is 37.4 Å². The summed E-state index contributed by atoms with van der Waals surface area (Å²) in [6, 6.07) is 4.64. The fraction of sp³-hybridized carbons (Fsp3) is 0.500. The molecule has 0 saturated heterocycles. The third-order valence-electron chi connectivity index (χ3n) is 3.11. The molecule has 0 bridgehead atoms. The Morgan fingerprint density at radius 3 is 2.72 bits per heavy atom. The van der Waals surface area contributed by atoms with Gasteiger partial charge >= 0.3 is 0 Å². The van der Waals surface area contributed by atoms with Crippen LogP contribution in [0.5, 0.6) is 0 Å². The number of rotatable bonds is 5. The van der Waals surface area contributed by atoms with Crippen molar-refractivity contribution < 1.29 is 9.18 Å². The molecule has 1 aliphatic rings. The Morgan fingerprint density at radius 1 is 1.33 bits per heavy atom. The van der Waals surface area contributed by atoms with Gasteiger partial charge in [-0.3, -0.25) is 4.79 Å². The van der Waals surface area contributed by atoms with Crippen LogP contribution in [0.15, 0.2) is 22.7 Å². The molecule has 0 aromatic heterocycles. The first kappa shape index (κ1) is 14.1. The maximum atomic E-state index is 13.2. The van der Waals surface area contributed by atoms with Crippen LogP contribution in [-0.2, 0) is 11.2 Å². The molecule has 0 atom stereocenters. The fourth-order valence-electron chi connectivity index (χ4n) is 2.26. The Morgan fingerprint density at radius 2 is 2.06 bits per heavy atom. The summed E-state index contributed by atoms with van der Waals surface area (Å²) >= 11 is 5.00. The van der Waals surface area contributed by atoms with Gasteiger partial charge in [-0.05, 0) is 36.6 Å². The number of thioether (sulfide) groups is 1. The van der Waals surface area contributed by atoms with E-state index < -0.39 is 0 Å². The molecule has 1 fully saturated rings. The molecule has 98 valence electrons. The molecular formula is C14H16BrFOS. The van der Waals surface area contributed by atoms with E-state index in [1.165, 1.54) is 37.8 Å². The van der Waals surface area contributed by atoms with E-state index in [2.05, 4.69) is 15.9 Å². The smallest absolute Gasteiger partial charge is 0.147 e. The van der Waals surface area contributed by atoms with Crippen LogP contribution in [0.1, 0.15) is 31.2 Å². The number of benzene rings is 1. The fourth-order valence-corrected chi connectivity index (χ4v) is 3.96. The summed E-state index contributed by atoms with van der Waals surface area (Å²) in [5, 5.41) is 0.660. The molecule has 0 heterocycles. The summed E-state index contributed by atoms with van der Waals surface area (Å²) in [5.74, 6) is 0.443. The SMILES string of the molecule is O=C(CSC1CCCC1)Cc1cc(F)cc(Br)c1. The average molecular weight is 331 g/mol. The Bertz CT molecular complexity index is 410. The number of carbonyl (C=O) groups is 1. The highest BCUT2D eigenvalue weighted by molar-refractivity contribution is 9.10. The standard InChI is InChI=1S/C14H16BrFOS/c15-11-5-10(6-12(16)8-11)7-13(17)9-18-14-3-1-2-4-14/h5-6,8,14H,1-4,7,9H2. The van der Waals surface area contributed by atoms with E-state index in [0.717, 1.165) is 5.56 Å². The molecule has 0 amide bonds. The third kappa shape index (κ3) is 4.39. The van der Waals surface area contributed by atoms with Crippen molar-refractivity contribution in [3.8, 4) is 0 Å². The molecule has 1 saturated carbocycles. The van der Waals surface area contributed by atoms with Crippen molar-refractivity contribution in [3.63, 3.8) is 0 Å². The summed E-state index contributed by atoms with van der Waals surface area (Å²) in [4.78, 5) is 11.8. The highest BCUT2D eigenvalue weighted by Crippen LogP contribution is 2.29. The molecular weight excluding hydrogens is 315 g/mol. The number of hydrogen-bond donors (Lipinski definition) is 0. The molecule has 0 radical (unpaired) electrons. The van der Waals surface area contributed by atoms with Crippen LogP contribution >= 0.6 is 27.7 Å². The summed E-state index contributed by atoms with van der Waals surface area (Å²) in [6.45, 7) is 0. The van der Waals surface area contributed by atoms with Crippen LogP contribution in [0, 0.1) is 5.82 Å². The number of halogens is 2. The Hall–Kier alpha value is -0.350. The molecule has 0 N–H and O–H groups in total. The average Bonchev–Trinajstić information content (AvgIpc) is 2.77. The van der Waals surface area contributed by atoms with Gasteiger partial charge in [-0.2, -0.15) is 11.8 Å². The van der Waals surface area contributed by atoms with E-state index in [1.807, 2.05) is 0 Å². The van der Waals surface area contributed by atoms with Gasteiger partial charge < -0.3 is 0 Å². The topological polar surface area (TPSA) is 17.1 Å². The Balaban J connectivity index is 1.82. The quantitative estimate of drug-likeness (QED) is 0.797. The molecule has 18 heavy (non-hydrogen) atoms. The van der Waals surface area contributed by atoms with E-state index in [1.54, 1.807) is 17.8 Å². The van der Waals surface area contributed by atoms with E-state index in [9.17, 15) is 9.18 Å². The van der Waals surface area contributed by atoms with Crippen LogP contribution in [-0.4, -0.2) is 16.8 Å². The van der Waals surface area contributed by atoms with Gasteiger partial charge in [0.15, 0.2) is 0 Å². The number of carbonyl (C=O) groups excluding carboxylic acids is 1. The highest BCUT2D eigenvalue weighted by Gasteiger charge is 2.16. The van der Waals surface area contributed by atoms with E-state index in [-0.39, 0.29) is 11.6 Å². The normalized spacial score (nSPS) is 16.1. The predicted molar refractivity (Wildman–Crippen MR) is 77.5 cm³/mol. The van der Waals surface area contributed by atoms with E-state index in [4.69, 9.17) is 0 Å². The Kier molecular flexibility index (Phi) is 5.25. The lowest BCUT2D eigenvalue weighted by Gasteiger charge is -2.08. The number of Topliss-reactive ketones (excluding diaryl/α,β-unsaturated/α-hetero) is 1. The molecule has 1 aromatic rings. The van der Waals surface area contributed by atoms with Crippen molar-refractivity contribution in [1.82, 2.24) is 0 Å². The van der Waals surface area contributed by atoms with Gasteiger partial charge in [-0.15, -0.1) is 0 Å². The lowest BCUT2D eigenvalue weighted by Crippen LogP contribution is -2.09. The van der Waals surface area contributed by atoms with Gasteiger partial charge in [-0.1, -0.05) is 28.8 Å². The van der Waals surface area contributed by atoms with Crippen LogP contribution in [0.3, 0.4) is 0 Å². The molecule has 0 spiro atoms. The lowest BCUT2D eigenvalue weighted by molar-refractivity contribution is -0.116.